The maximum atomic E-state index is 12.8. The topological polar surface area (TPSA) is 76.0 Å². The minimum atomic E-state index is -0.170. The molecule has 2 N–H and O–H groups in total. The molecule has 4 rings (SSSR count). The number of amides is 2. The Balaban J connectivity index is 1.53. The van der Waals surface area contributed by atoms with Gasteiger partial charge in [-0.1, -0.05) is 37.3 Å². The molecule has 1 aromatic heterocycles. The number of benzene rings is 2. The van der Waals surface area contributed by atoms with E-state index in [0.717, 1.165) is 28.2 Å². The maximum absolute atomic E-state index is 12.8. The van der Waals surface area contributed by atoms with E-state index in [1.165, 1.54) is 0 Å². The molecule has 0 saturated heterocycles. The third-order valence-corrected chi connectivity index (χ3v) is 4.96. The van der Waals surface area contributed by atoms with E-state index < -0.39 is 0 Å². The summed E-state index contributed by atoms with van der Waals surface area (Å²) in [7, 11) is 0. The molecule has 0 fully saturated rings. The average molecular weight is 374 g/mol. The van der Waals surface area contributed by atoms with Crippen molar-refractivity contribution in [3.8, 4) is 0 Å². The SMILES string of the molecule is CCc1c(C(=O)Nc2ccc3c(c2)CCC(=O)N3)cnn1Cc1ccccc1. The summed E-state index contributed by atoms with van der Waals surface area (Å²) < 4.78 is 1.88. The lowest BCUT2D eigenvalue weighted by atomic mass is 10.0. The van der Waals surface area contributed by atoms with Gasteiger partial charge in [0.2, 0.25) is 5.91 Å². The summed E-state index contributed by atoms with van der Waals surface area (Å²) in [6.07, 6.45) is 3.50. The number of carbonyl (C=O) groups excluding carboxylic acids is 2. The molecule has 0 bridgehead atoms. The van der Waals surface area contributed by atoms with Crippen LogP contribution in [0.5, 0.6) is 0 Å². The van der Waals surface area contributed by atoms with Crippen LogP contribution in [0.3, 0.4) is 0 Å². The summed E-state index contributed by atoms with van der Waals surface area (Å²) in [4.78, 5) is 24.3. The Morgan fingerprint density at radius 3 is 2.79 bits per heavy atom. The number of rotatable bonds is 5. The monoisotopic (exact) mass is 374 g/mol. The molecule has 1 aliphatic heterocycles. The molecule has 0 saturated carbocycles. The first-order chi connectivity index (χ1) is 13.6. The van der Waals surface area contributed by atoms with E-state index in [1.54, 1.807) is 6.20 Å². The van der Waals surface area contributed by atoms with Crippen LogP contribution in [0.4, 0.5) is 11.4 Å². The largest absolute Gasteiger partial charge is 0.326 e. The Hall–Kier alpha value is -3.41. The van der Waals surface area contributed by atoms with Crippen molar-refractivity contribution in [2.75, 3.05) is 10.6 Å². The predicted molar refractivity (Wildman–Crippen MR) is 108 cm³/mol. The van der Waals surface area contributed by atoms with E-state index in [9.17, 15) is 9.59 Å². The minimum absolute atomic E-state index is 0.0303. The molecule has 0 radical (unpaired) electrons. The Morgan fingerprint density at radius 2 is 2.00 bits per heavy atom. The number of aromatic nitrogens is 2. The van der Waals surface area contributed by atoms with Crippen molar-refractivity contribution in [2.45, 2.75) is 32.7 Å². The fourth-order valence-electron chi connectivity index (χ4n) is 3.53. The Morgan fingerprint density at radius 1 is 1.18 bits per heavy atom. The summed E-state index contributed by atoms with van der Waals surface area (Å²) >= 11 is 0. The van der Waals surface area contributed by atoms with Gasteiger partial charge in [0.25, 0.3) is 5.91 Å². The number of fused-ring (bicyclic) bond motifs is 1. The molecule has 0 aliphatic carbocycles. The first kappa shape index (κ1) is 18.0. The molecule has 0 atom stereocenters. The van der Waals surface area contributed by atoms with Gasteiger partial charge in [-0.3, -0.25) is 14.3 Å². The first-order valence-electron chi connectivity index (χ1n) is 9.46. The molecule has 6 heteroatoms. The lowest BCUT2D eigenvalue weighted by Gasteiger charge is -2.17. The smallest absolute Gasteiger partial charge is 0.259 e. The van der Waals surface area contributed by atoms with Gasteiger partial charge in [0.1, 0.15) is 0 Å². The predicted octanol–water partition coefficient (Wildman–Crippen LogP) is 3.63. The van der Waals surface area contributed by atoms with Gasteiger partial charge in [-0.15, -0.1) is 0 Å². The van der Waals surface area contributed by atoms with Crippen LogP contribution in [-0.4, -0.2) is 21.6 Å². The number of nitrogens with one attached hydrogen (secondary N) is 2. The minimum Gasteiger partial charge on any atom is -0.326 e. The van der Waals surface area contributed by atoms with E-state index >= 15 is 0 Å². The second-order valence-corrected chi connectivity index (χ2v) is 6.88. The lowest BCUT2D eigenvalue weighted by molar-refractivity contribution is -0.116. The van der Waals surface area contributed by atoms with Crippen molar-refractivity contribution in [2.24, 2.45) is 0 Å². The van der Waals surface area contributed by atoms with Crippen molar-refractivity contribution in [3.63, 3.8) is 0 Å². The molecule has 2 heterocycles. The quantitative estimate of drug-likeness (QED) is 0.716. The Kier molecular flexibility index (Phi) is 4.93. The fraction of sp³-hybridized carbons (Fsp3) is 0.227. The van der Waals surface area contributed by atoms with Crippen LogP contribution in [0, 0.1) is 0 Å². The zero-order chi connectivity index (χ0) is 19.5. The number of aryl methyl sites for hydroxylation is 1. The van der Waals surface area contributed by atoms with E-state index in [4.69, 9.17) is 0 Å². The van der Waals surface area contributed by atoms with Gasteiger partial charge in [0, 0.05) is 17.8 Å². The van der Waals surface area contributed by atoms with Crippen LogP contribution in [0.25, 0.3) is 0 Å². The van der Waals surface area contributed by atoms with Crippen molar-refractivity contribution in [3.05, 3.63) is 77.1 Å². The zero-order valence-electron chi connectivity index (χ0n) is 15.7. The highest BCUT2D eigenvalue weighted by Gasteiger charge is 2.18. The fourth-order valence-corrected chi connectivity index (χ4v) is 3.53. The molecule has 0 unspecified atom stereocenters. The van der Waals surface area contributed by atoms with Gasteiger partial charge in [-0.2, -0.15) is 5.10 Å². The molecule has 6 nitrogen and oxygen atoms in total. The summed E-state index contributed by atoms with van der Waals surface area (Å²) in [5.41, 5.74) is 5.21. The number of hydrogen-bond acceptors (Lipinski definition) is 3. The summed E-state index contributed by atoms with van der Waals surface area (Å²) in [5.74, 6) is -0.140. The van der Waals surface area contributed by atoms with Crippen LogP contribution in [0.15, 0.2) is 54.7 Å². The zero-order valence-corrected chi connectivity index (χ0v) is 15.7. The second kappa shape index (κ2) is 7.68. The van der Waals surface area contributed by atoms with E-state index in [0.29, 0.717) is 31.4 Å². The highest BCUT2D eigenvalue weighted by molar-refractivity contribution is 6.05. The van der Waals surface area contributed by atoms with Crippen molar-refractivity contribution < 1.29 is 9.59 Å². The van der Waals surface area contributed by atoms with E-state index in [1.807, 2.05) is 60.1 Å². The standard InChI is InChI=1S/C22H22N4O2/c1-2-20-18(13-23-26(20)14-15-6-4-3-5-7-15)22(28)24-17-9-10-19-16(12-17)8-11-21(27)25-19/h3-7,9-10,12-13H,2,8,11,14H2,1H3,(H,24,28)(H,25,27). The Labute approximate surface area is 163 Å². The van der Waals surface area contributed by atoms with Crippen LogP contribution < -0.4 is 10.6 Å². The second-order valence-electron chi connectivity index (χ2n) is 6.88. The number of anilines is 2. The van der Waals surface area contributed by atoms with Crippen LogP contribution in [0.2, 0.25) is 0 Å². The van der Waals surface area contributed by atoms with Crippen LogP contribution in [0.1, 0.15) is 40.5 Å². The number of hydrogen-bond donors (Lipinski definition) is 2. The van der Waals surface area contributed by atoms with Crippen molar-refractivity contribution in [1.82, 2.24) is 9.78 Å². The highest BCUT2D eigenvalue weighted by Crippen LogP contribution is 2.26. The van der Waals surface area contributed by atoms with Gasteiger partial charge in [-0.25, -0.2) is 0 Å². The van der Waals surface area contributed by atoms with Gasteiger partial charge in [0.15, 0.2) is 0 Å². The summed E-state index contributed by atoms with van der Waals surface area (Å²) in [5, 5.41) is 10.3. The third-order valence-electron chi connectivity index (χ3n) is 4.96. The molecule has 0 spiro atoms. The third kappa shape index (κ3) is 3.67. The van der Waals surface area contributed by atoms with Crippen LogP contribution in [-0.2, 0) is 24.2 Å². The molecular weight excluding hydrogens is 352 g/mol. The molecule has 142 valence electrons. The molecule has 1 aliphatic rings. The number of nitrogens with zero attached hydrogens (tertiary/aromatic N) is 2. The molecule has 3 aromatic rings. The number of carbonyl (C=O) groups is 2. The molecule has 2 amide bonds. The van der Waals surface area contributed by atoms with Crippen molar-refractivity contribution in [1.29, 1.82) is 0 Å². The first-order valence-corrected chi connectivity index (χ1v) is 9.46. The highest BCUT2D eigenvalue weighted by atomic mass is 16.2. The van der Waals surface area contributed by atoms with Crippen molar-refractivity contribution >= 4 is 23.2 Å². The average Bonchev–Trinajstić information content (AvgIpc) is 3.11. The maximum Gasteiger partial charge on any atom is 0.259 e. The summed E-state index contributed by atoms with van der Waals surface area (Å²) in [6.45, 7) is 2.66. The Bertz CT molecular complexity index is 1020. The normalized spacial score (nSPS) is 13.0. The summed E-state index contributed by atoms with van der Waals surface area (Å²) in [6, 6.07) is 15.6. The lowest BCUT2D eigenvalue weighted by Crippen LogP contribution is -2.19. The molecule has 28 heavy (non-hydrogen) atoms. The molecular formula is C22H22N4O2. The van der Waals surface area contributed by atoms with Crippen LogP contribution >= 0.6 is 0 Å². The molecule has 2 aromatic carbocycles. The van der Waals surface area contributed by atoms with Gasteiger partial charge >= 0.3 is 0 Å². The van der Waals surface area contributed by atoms with E-state index in [-0.39, 0.29) is 11.8 Å². The van der Waals surface area contributed by atoms with Gasteiger partial charge < -0.3 is 10.6 Å². The van der Waals surface area contributed by atoms with Gasteiger partial charge in [0.05, 0.1) is 24.0 Å². The van der Waals surface area contributed by atoms with E-state index in [2.05, 4.69) is 15.7 Å². The van der Waals surface area contributed by atoms with Gasteiger partial charge in [-0.05, 0) is 42.2 Å².